The standard InChI is InChI=1S/C16H19N5O3/c1-11-3-4-14(18-17-11)24-12-5-7-20(10-12)16(22)13-9-15-21(19-13)6-2-8-23-15/h3-4,9,12H,2,5-8,10H2,1H3. The van der Waals surface area contributed by atoms with Crippen LogP contribution in [0.25, 0.3) is 0 Å². The van der Waals surface area contributed by atoms with Crippen molar-refractivity contribution in [3.05, 3.63) is 29.6 Å². The van der Waals surface area contributed by atoms with Crippen LogP contribution in [0.1, 0.15) is 29.0 Å². The number of nitrogens with zero attached hydrogens (tertiary/aromatic N) is 5. The Hall–Kier alpha value is -2.64. The van der Waals surface area contributed by atoms with Gasteiger partial charge < -0.3 is 14.4 Å². The Morgan fingerprint density at radius 3 is 3.04 bits per heavy atom. The molecule has 1 atom stereocenters. The van der Waals surface area contributed by atoms with Gasteiger partial charge in [-0.2, -0.15) is 10.2 Å². The van der Waals surface area contributed by atoms with Gasteiger partial charge in [0, 0.05) is 38.1 Å². The zero-order chi connectivity index (χ0) is 16.5. The highest BCUT2D eigenvalue weighted by Gasteiger charge is 2.30. The smallest absolute Gasteiger partial charge is 0.274 e. The Bertz CT molecular complexity index is 719. The molecule has 2 aromatic rings. The zero-order valence-electron chi connectivity index (χ0n) is 13.5. The number of rotatable bonds is 3. The van der Waals surface area contributed by atoms with E-state index in [-0.39, 0.29) is 12.0 Å². The molecule has 4 heterocycles. The number of carbonyl (C=O) groups is 1. The summed E-state index contributed by atoms with van der Waals surface area (Å²) < 4.78 is 13.1. The van der Waals surface area contributed by atoms with E-state index < -0.39 is 0 Å². The first-order valence-corrected chi connectivity index (χ1v) is 8.16. The Kier molecular flexibility index (Phi) is 3.79. The van der Waals surface area contributed by atoms with Crippen LogP contribution in [0.15, 0.2) is 18.2 Å². The summed E-state index contributed by atoms with van der Waals surface area (Å²) in [6.07, 6.45) is 1.62. The molecular formula is C16H19N5O3. The minimum Gasteiger partial charge on any atom is -0.478 e. The van der Waals surface area contributed by atoms with E-state index in [0.29, 0.717) is 37.2 Å². The maximum Gasteiger partial charge on any atom is 0.274 e. The lowest BCUT2D eigenvalue weighted by Crippen LogP contribution is -2.31. The average molecular weight is 329 g/mol. The van der Waals surface area contributed by atoms with Crippen molar-refractivity contribution in [3.8, 4) is 11.8 Å². The highest BCUT2D eigenvalue weighted by molar-refractivity contribution is 5.92. The molecule has 0 saturated carbocycles. The van der Waals surface area contributed by atoms with Crippen molar-refractivity contribution in [1.82, 2.24) is 24.9 Å². The van der Waals surface area contributed by atoms with Crippen LogP contribution in [0.4, 0.5) is 0 Å². The normalized spacial score (nSPS) is 19.7. The number of aromatic nitrogens is 4. The summed E-state index contributed by atoms with van der Waals surface area (Å²) in [5.74, 6) is 1.08. The lowest BCUT2D eigenvalue weighted by Gasteiger charge is -2.15. The molecule has 126 valence electrons. The number of hydrogen-bond donors (Lipinski definition) is 0. The molecule has 0 spiro atoms. The summed E-state index contributed by atoms with van der Waals surface area (Å²) in [5.41, 5.74) is 1.28. The average Bonchev–Trinajstić information content (AvgIpc) is 3.23. The number of likely N-dealkylation sites (tertiary alicyclic amines) is 1. The van der Waals surface area contributed by atoms with Gasteiger partial charge in [0.05, 0.1) is 18.8 Å². The van der Waals surface area contributed by atoms with Crippen LogP contribution in [0.3, 0.4) is 0 Å². The number of aryl methyl sites for hydroxylation is 2. The van der Waals surface area contributed by atoms with Crippen LogP contribution in [0.2, 0.25) is 0 Å². The van der Waals surface area contributed by atoms with Crippen LogP contribution in [-0.4, -0.2) is 56.6 Å². The molecule has 4 rings (SSSR count). The van der Waals surface area contributed by atoms with Gasteiger partial charge in [-0.05, 0) is 13.0 Å². The molecule has 2 aromatic heterocycles. The molecule has 8 nitrogen and oxygen atoms in total. The molecule has 1 saturated heterocycles. The minimum atomic E-state index is -0.0819. The van der Waals surface area contributed by atoms with Gasteiger partial charge in [-0.1, -0.05) is 0 Å². The highest BCUT2D eigenvalue weighted by atomic mass is 16.5. The van der Waals surface area contributed by atoms with E-state index in [1.165, 1.54) is 0 Å². The van der Waals surface area contributed by atoms with E-state index >= 15 is 0 Å². The topological polar surface area (TPSA) is 82.4 Å². The van der Waals surface area contributed by atoms with Gasteiger partial charge in [-0.3, -0.25) is 4.79 Å². The molecular weight excluding hydrogens is 310 g/mol. The van der Waals surface area contributed by atoms with Gasteiger partial charge >= 0.3 is 0 Å². The molecule has 24 heavy (non-hydrogen) atoms. The largest absolute Gasteiger partial charge is 0.478 e. The second-order valence-corrected chi connectivity index (χ2v) is 6.09. The van der Waals surface area contributed by atoms with Crippen LogP contribution in [0, 0.1) is 6.92 Å². The molecule has 0 aromatic carbocycles. The number of carbonyl (C=O) groups excluding carboxylic acids is 1. The quantitative estimate of drug-likeness (QED) is 0.837. The SMILES string of the molecule is Cc1ccc(OC2CCN(C(=O)c3cc4n(n3)CCCO4)C2)nn1. The Morgan fingerprint density at radius 1 is 1.33 bits per heavy atom. The van der Waals surface area contributed by atoms with Gasteiger partial charge in [0.1, 0.15) is 6.10 Å². The minimum absolute atomic E-state index is 0.0700. The maximum atomic E-state index is 12.6. The van der Waals surface area contributed by atoms with Gasteiger partial charge in [0.25, 0.3) is 5.91 Å². The van der Waals surface area contributed by atoms with Crippen LogP contribution < -0.4 is 9.47 Å². The molecule has 0 bridgehead atoms. The summed E-state index contributed by atoms with van der Waals surface area (Å²) in [6.45, 7) is 4.52. The van der Waals surface area contributed by atoms with Gasteiger partial charge in [-0.15, -0.1) is 5.10 Å². The summed E-state index contributed by atoms with van der Waals surface area (Å²) in [5, 5.41) is 12.3. The second kappa shape index (κ2) is 6.10. The third-order valence-corrected chi connectivity index (χ3v) is 4.22. The third kappa shape index (κ3) is 2.91. The number of amides is 1. The van der Waals surface area contributed by atoms with Crippen molar-refractivity contribution in [2.45, 2.75) is 32.4 Å². The van der Waals surface area contributed by atoms with E-state index in [2.05, 4.69) is 15.3 Å². The van der Waals surface area contributed by atoms with E-state index in [0.717, 1.165) is 25.1 Å². The Balaban J connectivity index is 1.39. The van der Waals surface area contributed by atoms with Crippen molar-refractivity contribution in [1.29, 1.82) is 0 Å². The van der Waals surface area contributed by atoms with E-state index in [1.807, 2.05) is 13.0 Å². The lowest BCUT2D eigenvalue weighted by atomic mass is 10.3. The van der Waals surface area contributed by atoms with Crippen LogP contribution in [0.5, 0.6) is 11.8 Å². The van der Waals surface area contributed by atoms with Crippen molar-refractivity contribution < 1.29 is 14.3 Å². The lowest BCUT2D eigenvalue weighted by molar-refractivity contribution is 0.0764. The zero-order valence-corrected chi connectivity index (χ0v) is 13.5. The monoisotopic (exact) mass is 329 g/mol. The first-order valence-electron chi connectivity index (χ1n) is 8.16. The second-order valence-electron chi connectivity index (χ2n) is 6.09. The number of hydrogen-bond acceptors (Lipinski definition) is 6. The molecule has 1 unspecified atom stereocenters. The van der Waals surface area contributed by atoms with E-state index in [1.54, 1.807) is 21.7 Å². The van der Waals surface area contributed by atoms with Crippen molar-refractivity contribution in [2.24, 2.45) is 0 Å². The van der Waals surface area contributed by atoms with Gasteiger partial charge in [0.2, 0.25) is 11.8 Å². The summed E-state index contributed by atoms with van der Waals surface area (Å²) >= 11 is 0. The van der Waals surface area contributed by atoms with Gasteiger partial charge in [-0.25, -0.2) is 4.68 Å². The fourth-order valence-electron chi connectivity index (χ4n) is 2.96. The van der Waals surface area contributed by atoms with E-state index in [4.69, 9.17) is 9.47 Å². The fourth-order valence-corrected chi connectivity index (χ4v) is 2.96. The summed E-state index contributed by atoms with van der Waals surface area (Å²) in [7, 11) is 0. The van der Waals surface area contributed by atoms with Crippen LogP contribution in [-0.2, 0) is 6.54 Å². The summed E-state index contributed by atoms with van der Waals surface area (Å²) in [6, 6.07) is 5.38. The maximum absolute atomic E-state index is 12.6. The molecule has 0 N–H and O–H groups in total. The fraction of sp³-hybridized carbons (Fsp3) is 0.500. The predicted molar refractivity (Wildman–Crippen MR) is 84.0 cm³/mol. The Morgan fingerprint density at radius 2 is 2.25 bits per heavy atom. The van der Waals surface area contributed by atoms with Crippen molar-refractivity contribution in [3.63, 3.8) is 0 Å². The predicted octanol–water partition coefficient (Wildman–Crippen LogP) is 1.06. The van der Waals surface area contributed by atoms with Crippen molar-refractivity contribution in [2.75, 3.05) is 19.7 Å². The third-order valence-electron chi connectivity index (χ3n) is 4.22. The number of ether oxygens (including phenoxy) is 2. The molecule has 2 aliphatic heterocycles. The number of fused-ring (bicyclic) bond motifs is 1. The first kappa shape index (κ1) is 14.9. The van der Waals surface area contributed by atoms with Crippen LogP contribution >= 0.6 is 0 Å². The molecule has 2 aliphatic rings. The molecule has 1 fully saturated rings. The molecule has 1 amide bonds. The van der Waals surface area contributed by atoms with E-state index in [9.17, 15) is 4.79 Å². The van der Waals surface area contributed by atoms with Gasteiger partial charge in [0.15, 0.2) is 5.69 Å². The molecule has 0 aliphatic carbocycles. The summed E-state index contributed by atoms with van der Waals surface area (Å²) in [4.78, 5) is 14.4. The highest BCUT2D eigenvalue weighted by Crippen LogP contribution is 2.22. The molecule has 8 heteroatoms. The molecule has 0 radical (unpaired) electrons. The van der Waals surface area contributed by atoms with Crippen molar-refractivity contribution >= 4 is 5.91 Å². The Labute approximate surface area is 139 Å². The first-order chi connectivity index (χ1) is 11.7.